The van der Waals surface area contributed by atoms with Crippen molar-refractivity contribution in [3.63, 3.8) is 0 Å². The molecule has 2 aliphatic rings. The van der Waals surface area contributed by atoms with E-state index in [-0.39, 0.29) is 30.4 Å². The smallest absolute Gasteiger partial charge is 0.341 e. The number of nitrogens with one attached hydrogen (secondary N) is 2. The summed E-state index contributed by atoms with van der Waals surface area (Å²) in [6.45, 7) is 2.94. The minimum Gasteiger partial charge on any atom is -0.462 e. The molecular formula is C21H25N5O3. The first kappa shape index (κ1) is 19.2. The zero-order valence-electron chi connectivity index (χ0n) is 16.5. The highest BCUT2D eigenvalue weighted by atomic mass is 16.5. The Hall–Kier alpha value is -3.08. The molecule has 0 unspecified atom stereocenters. The van der Waals surface area contributed by atoms with Crippen molar-refractivity contribution in [1.82, 2.24) is 14.9 Å². The van der Waals surface area contributed by atoms with Crippen LogP contribution in [0.1, 0.15) is 49.4 Å². The standard InChI is InChI=1S/C21H25N5O3/c1-13-2-5-15(11-26(13)18(27)6-8-22)25-19-16-7-9-23-20(16)24-10-17(19)21(28)29-12-14-3-4-14/h7,9-10,13-15H,2-6,11-12H2,1H3,(H2,23,24,25)/t13-,15+/m0/s1. The third kappa shape index (κ3) is 4.19. The lowest BCUT2D eigenvalue weighted by Crippen LogP contribution is -2.49. The van der Waals surface area contributed by atoms with Gasteiger partial charge >= 0.3 is 5.97 Å². The lowest BCUT2D eigenvalue weighted by molar-refractivity contribution is -0.133. The third-order valence-electron chi connectivity index (χ3n) is 5.73. The summed E-state index contributed by atoms with van der Waals surface area (Å²) in [5, 5.41) is 13.2. The number of nitrogens with zero attached hydrogens (tertiary/aromatic N) is 3. The maximum atomic E-state index is 12.7. The molecule has 2 aromatic rings. The van der Waals surface area contributed by atoms with Gasteiger partial charge in [-0.2, -0.15) is 5.26 Å². The minimum atomic E-state index is -0.378. The molecule has 2 aromatic heterocycles. The molecule has 8 heteroatoms. The van der Waals surface area contributed by atoms with Crippen LogP contribution in [0.15, 0.2) is 18.5 Å². The number of hydrogen-bond donors (Lipinski definition) is 2. The van der Waals surface area contributed by atoms with E-state index >= 15 is 0 Å². The Morgan fingerprint density at radius 3 is 2.97 bits per heavy atom. The quantitative estimate of drug-likeness (QED) is 0.728. The van der Waals surface area contributed by atoms with Crippen molar-refractivity contribution in [3.8, 4) is 6.07 Å². The number of esters is 1. The van der Waals surface area contributed by atoms with E-state index in [1.807, 2.05) is 19.1 Å². The maximum absolute atomic E-state index is 12.7. The van der Waals surface area contributed by atoms with Crippen LogP contribution in [0.2, 0.25) is 0 Å². The molecular weight excluding hydrogens is 370 g/mol. The van der Waals surface area contributed by atoms with Gasteiger partial charge in [-0.05, 0) is 44.6 Å². The number of ether oxygens (including phenoxy) is 1. The number of pyridine rings is 1. The molecule has 2 fully saturated rings. The summed E-state index contributed by atoms with van der Waals surface area (Å²) in [4.78, 5) is 34.2. The number of likely N-dealkylation sites (tertiary alicyclic amines) is 1. The highest BCUT2D eigenvalue weighted by molar-refractivity contribution is 6.04. The predicted molar refractivity (Wildman–Crippen MR) is 107 cm³/mol. The predicted octanol–water partition coefficient (Wildman–Crippen LogP) is 2.83. The minimum absolute atomic E-state index is 0.0238. The molecule has 0 spiro atoms. The van der Waals surface area contributed by atoms with Gasteiger partial charge in [0.25, 0.3) is 0 Å². The van der Waals surface area contributed by atoms with E-state index in [2.05, 4.69) is 15.3 Å². The molecule has 8 nitrogen and oxygen atoms in total. The second-order valence-corrected chi connectivity index (χ2v) is 7.98. The molecule has 2 N–H and O–H groups in total. The number of rotatable bonds is 6. The van der Waals surface area contributed by atoms with Gasteiger partial charge in [-0.15, -0.1) is 0 Å². The van der Waals surface area contributed by atoms with Gasteiger partial charge in [-0.1, -0.05) is 0 Å². The number of anilines is 1. The van der Waals surface area contributed by atoms with E-state index in [1.54, 1.807) is 17.3 Å². The van der Waals surface area contributed by atoms with Gasteiger partial charge in [0.15, 0.2) is 0 Å². The second kappa shape index (κ2) is 8.11. The number of aromatic amines is 1. The summed E-state index contributed by atoms with van der Waals surface area (Å²) in [7, 11) is 0. The molecule has 1 aliphatic heterocycles. The molecule has 1 saturated carbocycles. The molecule has 2 atom stereocenters. The summed E-state index contributed by atoms with van der Waals surface area (Å²) >= 11 is 0. The first-order valence-corrected chi connectivity index (χ1v) is 10.1. The molecule has 0 radical (unpaired) electrons. The number of amides is 1. The Bertz CT molecular complexity index is 959. The van der Waals surface area contributed by atoms with Gasteiger partial charge in [-0.25, -0.2) is 9.78 Å². The average molecular weight is 395 g/mol. The molecule has 29 heavy (non-hydrogen) atoms. The number of H-pyrrole nitrogens is 1. The van der Waals surface area contributed by atoms with Gasteiger partial charge in [0, 0.05) is 36.4 Å². The Labute approximate surface area is 169 Å². The van der Waals surface area contributed by atoms with Crippen LogP contribution in [0.5, 0.6) is 0 Å². The fourth-order valence-corrected chi connectivity index (χ4v) is 3.82. The van der Waals surface area contributed by atoms with Crippen molar-refractivity contribution in [1.29, 1.82) is 5.26 Å². The molecule has 1 aliphatic carbocycles. The normalized spacial score (nSPS) is 21.6. The number of hydrogen-bond acceptors (Lipinski definition) is 6. The van der Waals surface area contributed by atoms with Gasteiger partial charge in [-0.3, -0.25) is 4.79 Å². The number of aromatic nitrogens is 2. The topological polar surface area (TPSA) is 111 Å². The molecule has 152 valence electrons. The number of nitriles is 1. The zero-order valence-corrected chi connectivity index (χ0v) is 16.5. The number of piperidine rings is 1. The van der Waals surface area contributed by atoms with Crippen molar-refractivity contribution in [2.75, 3.05) is 18.5 Å². The maximum Gasteiger partial charge on any atom is 0.341 e. The van der Waals surface area contributed by atoms with E-state index in [0.717, 1.165) is 31.1 Å². The molecule has 0 aromatic carbocycles. The molecule has 3 heterocycles. The van der Waals surface area contributed by atoms with Crippen LogP contribution in [0.4, 0.5) is 5.69 Å². The van der Waals surface area contributed by atoms with E-state index in [9.17, 15) is 9.59 Å². The number of fused-ring (bicyclic) bond motifs is 1. The number of carbonyl (C=O) groups is 2. The SMILES string of the molecule is C[C@H]1CC[C@@H](Nc2c(C(=O)OCC3CC3)cnc3[nH]ccc23)CN1C(=O)CC#N. The first-order chi connectivity index (χ1) is 14.1. The lowest BCUT2D eigenvalue weighted by Gasteiger charge is -2.38. The van der Waals surface area contributed by atoms with Crippen LogP contribution in [0.3, 0.4) is 0 Å². The monoisotopic (exact) mass is 395 g/mol. The largest absolute Gasteiger partial charge is 0.462 e. The fraction of sp³-hybridized carbons (Fsp3) is 0.524. The van der Waals surface area contributed by atoms with Crippen LogP contribution in [0, 0.1) is 17.2 Å². The third-order valence-corrected chi connectivity index (χ3v) is 5.73. The van der Waals surface area contributed by atoms with Gasteiger partial charge < -0.3 is 19.9 Å². The van der Waals surface area contributed by atoms with Crippen LogP contribution < -0.4 is 5.32 Å². The Morgan fingerprint density at radius 1 is 1.38 bits per heavy atom. The molecule has 1 amide bonds. The van der Waals surface area contributed by atoms with Gasteiger partial charge in [0.2, 0.25) is 5.91 Å². The van der Waals surface area contributed by atoms with Crippen molar-refractivity contribution >= 4 is 28.6 Å². The molecule has 4 rings (SSSR count). The van der Waals surface area contributed by atoms with Gasteiger partial charge in [0.05, 0.1) is 18.4 Å². The van der Waals surface area contributed by atoms with E-state index < -0.39 is 0 Å². The molecule has 1 saturated heterocycles. The number of carbonyl (C=O) groups excluding carboxylic acids is 2. The van der Waals surface area contributed by atoms with Crippen LogP contribution in [-0.4, -0.2) is 52.0 Å². The van der Waals surface area contributed by atoms with Crippen molar-refractivity contribution in [2.45, 2.75) is 51.1 Å². The second-order valence-electron chi connectivity index (χ2n) is 7.98. The summed E-state index contributed by atoms with van der Waals surface area (Å²) < 4.78 is 5.49. The van der Waals surface area contributed by atoms with Crippen molar-refractivity contribution in [3.05, 3.63) is 24.0 Å². The van der Waals surface area contributed by atoms with Crippen LogP contribution >= 0.6 is 0 Å². The molecule has 0 bridgehead atoms. The Kier molecular flexibility index (Phi) is 5.38. The summed E-state index contributed by atoms with van der Waals surface area (Å²) in [5.41, 5.74) is 1.78. The summed E-state index contributed by atoms with van der Waals surface area (Å²) in [5.74, 6) is -0.0486. The average Bonchev–Trinajstić information content (AvgIpc) is 3.42. The van der Waals surface area contributed by atoms with E-state index in [0.29, 0.717) is 36.0 Å². The highest BCUT2D eigenvalue weighted by Gasteiger charge is 2.30. The van der Waals surface area contributed by atoms with E-state index in [4.69, 9.17) is 10.00 Å². The van der Waals surface area contributed by atoms with Gasteiger partial charge in [0.1, 0.15) is 17.6 Å². The first-order valence-electron chi connectivity index (χ1n) is 10.1. The van der Waals surface area contributed by atoms with Crippen molar-refractivity contribution in [2.24, 2.45) is 5.92 Å². The summed E-state index contributed by atoms with van der Waals surface area (Å²) in [6.07, 6.45) is 7.13. The van der Waals surface area contributed by atoms with Crippen LogP contribution in [-0.2, 0) is 9.53 Å². The lowest BCUT2D eigenvalue weighted by atomic mass is 9.98. The zero-order chi connectivity index (χ0) is 20.4. The van der Waals surface area contributed by atoms with E-state index in [1.165, 1.54) is 0 Å². The van der Waals surface area contributed by atoms with Crippen molar-refractivity contribution < 1.29 is 14.3 Å². The summed E-state index contributed by atoms with van der Waals surface area (Å²) in [6, 6.07) is 3.89. The highest BCUT2D eigenvalue weighted by Crippen LogP contribution is 2.31. The fourth-order valence-electron chi connectivity index (χ4n) is 3.82. The Morgan fingerprint density at radius 2 is 2.21 bits per heavy atom. The van der Waals surface area contributed by atoms with Crippen LogP contribution in [0.25, 0.3) is 11.0 Å². The Balaban J connectivity index is 1.56.